The number of fused-ring (bicyclic) bond motifs is 3. The molecule has 0 fully saturated rings. The highest BCUT2D eigenvalue weighted by Crippen LogP contribution is 2.50. The average molecular weight is 680 g/mol. The van der Waals surface area contributed by atoms with Crippen LogP contribution in [0.4, 0.5) is 5.69 Å². The molecule has 0 heterocycles. The second kappa shape index (κ2) is 16.8. The Bertz CT molecular complexity index is 1760. The Morgan fingerprint density at radius 2 is 1.65 bits per heavy atom. The SMILES string of the molecule is COc1cc2c(c(OC)c1OC)-c1ccc(NCCOC(=O)CCC(=O)Oc3ccc(CO[N+](=O)[O-])cc3)c(=O)cc1[C@@H](NC(C)=O)CC2. The van der Waals surface area contributed by atoms with Crippen LogP contribution >= 0.6 is 0 Å². The van der Waals surface area contributed by atoms with Gasteiger partial charge in [0.15, 0.2) is 11.5 Å². The number of esters is 2. The lowest BCUT2D eigenvalue weighted by Crippen LogP contribution is -2.26. The highest BCUT2D eigenvalue weighted by atomic mass is 16.9. The molecule has 1 amide bonds. The number of carbonyl (C=O) groups is 3. The predicted molar refractivity (Wildman–Crippen MR) is 175 cm³/mol. The van der Waals surface area contributed by atoms with Gasteiger partial charge in [-0.05, 0) is 65.4 Å². The molecule has 0 saturated carbocycles. The molecule has 0 aromatic heterocycles. The minimum atomic E-state index is -0.905. The molecule has 1 aliphatic carbocycles. The molecule has 4 rings (SSSR count). The van der Waals surface area contributed by atoms with Gasteiger partial charge in [-0.3, -0.25) is 19.2 Å². The minimum Gasteiger partial charge on any atom is -0.493 e. The summed E-state index contributed by atoms with van der Waals surface area (Å²) in [6.07, 6.45) is 0.615. The molecule has 0 radical (unpaired) electrons. The van der Waals surface area contributed by atoms with Gasteiger partial charge in [0.25, 0.3) is 5.09 Å². The van der Waals surface area contributed by atoms with Crippen molar-refractivity contribution in [2.24, 2.45) is 0 Å². The molecule has 0 aliphatic heterocycles. The van der Waals surface area contributed by atoms with Crippen molar-refractivity contribution in [2.75, 3.05) is 39.8 Å². The fourth-order valence-electron chi connectivity index (χ4n) is 5.44. The maximum absolute atomic E-state index is 13.4. The Balaban J connectivity index is 1.40. The van der Waals surface area contributed by atoms with Gasteiger partial charge in [-0.15, -0.1) is 10.1 Å². The molecule has 0 saturated heterocycles. The maximum Gasteiger partial charge on any atom is 0.311 e. The molecule has 0 spiro atoms. The van der Waals surface area contributed by atoms with Crippen molar-refractivity contribution in [1.29, 1.82) is 0 Å². The Morgan fingerprint density at radius 1 is 0.939 bits per heavy atom. The zero-order valence-electron chi connectivity index (χ0n) is 27.5. The fraction of sp³-hybridized carbons (Fsp3) is 0.353. The van der Waals surface area contributed by atoms with E-state index in [9.17, 15) is 29.3 Å². The Kier molecular flexibility index (Phi) is 12.3. The summed E-state index contributed by atoms with van der Waals surface area (Å²) in [6.45, 7) is 1.20. The van der Waals surface area contributed by atoms with Gasteiger partial charge in [0, 0.05) is 19.0 Å². The molecule has 0 unspecified atom stereocenters. The summed E-state index contributed by atoms with van der Waals surface area (Å²) in [5, 5.41) is 15.4. The Hall–Kier alpha value is -5.86. The maximum atomic E-state index is 13.4. The second-order valence-electron chi connectivity index (χ2n) is 10.9. The van der Waals surface area contributed by atoms with E-state index in [0.717, 1.165) is 11.1 Å². The normalized spacial score (nSPS) is 13.0. The van der Waals surface area contributed by atoms with Gasteiger partial charge in [-0.1, -0.05) is 18.2 Å². The summed E-state index contributed by atoms with van der Waals surface area (Å²) in [4.78, 5) is 64.6. The van der Waals surface area contributed by atoms with Gasteiger partial charge in [-0.25, -0.2) is 0 Å². The van der Waals surface area contributed by atoms with Crippen molar-refractivity contribution in [2.45, 2.75) is 45.3 Å². The molecular formula is C34H37N3O12. The summed E-state index contributed by atoms with van der Waals surface area (Å²) in [5.74, 6) is -0.0128. The molecule has 15 heteroatoms. The first-order valence-corrected chi connectivity index (χ1v) is 15.3. The van der Waals surface area contributed by atoms with Crippen LogP contribution in [0.15, 0.2) is 53.3 Å². The molecule has 0 bridgehead atoms. The monoisotopic (exact) mass is 679 g/mol. The standard InChI is InChI=1S/C34H37N3O12/c1-20(38)36-26-11-7-22-17-29(44-2)33(45-3)34(46-4)32(22)24-10-12-27(28(39)18-25(24)26)35-15-16-47-30(40)13-14-31(41)49-23-8-5-21(6-9-23)19-48-37(42)43/h5-6,8-10,12,17-18,26H,7,11,13-16,19H2,1-4H3,(H,35,39)(H,36,38)/t26-/m0/s1. The number of rotatable bonds is 15. The molecule has 260 valence electrons. The number of benzene rings is 2. The lowest BCUT2D eigenvalue weighted by atomic mass is 9.95. The van der Waals surface area contributed by atoms with E-state index >= 15 is 0 Å². The van der Waals surface area contributed by atoms with Crippen LogP contribution in [0.1, 0.15) is 48.9 Å². The summed E-state index contributed by atoms with van der Waals surface area (Å²) >= 11 is 0. The van der Waals surface area contributed by atoms with Crippen LogP contribution in [-0.4, -0.2) is 57.4 Å². The van der Waals surface area contributed by atoms with Crippen LogP contribution in [-0.2, 0) is 37.0 Å². The lowest BCUT2D eigenvalue weighted by molar-refractivity contribution is -0.763. The molecule has 2 N–H and O–H groups in total. The van der Waals surface area contributed by atoms with Crippen molar-refractivity contribution in [3.05, 3.63) is 85.6 Å². The van der Waals surface area contributed by atoms with E-state index in [0.29, 0.717) is 46.8 Å². The van der Waals surface area contributed by atoms with E-state index in [-0.39, 0.29) is 55.4 Å². The van der Waals surface area contributed by atoms with Gasteiger partial charge in [0.05, 0.1) is 45.9 Å². The molecule has 49 heavy (non-hydrogen) atoms. The van der Waals surface area contributed by atoms with E-state index in [1.165, 1.54) is 58.6 Å². The number of nitrogens with one attached hydrogen (secondary N) is 2. The van der Waals surface area contributed by atoms with E-state index in [1.54, 1.807) is 12.1 Å². The van der Waals surface area contributed by atoms with E-state index < -0.39 is 23.1 Å². The van der Waals surface area contributed by atoms with Crippen molar-refractivity contribution in [3.8, 4) is 34.1 Å². The third-order valence-electron chi connectivity index (χ3n) is 7.62. The molecule has 1 atom stereocenters. The zero-order chi connectivity index (χ0) is 35.5. The first kappa shape index (κ1) is 36.0. The van der Waals surface area contributed by atoms with Gasteiger partial charge in [-0.2, -0.15) is 0 Å². The number of nitrogens with zero attached hydrogens (tertiary/aromatic N) is 1. The minimum absolute atomic E-state index is 0.0819. The molecule has 3 aromatic carbocycles. The largest absolute Gasteiger partial charge is 0.493 e. The topological polar surface area (TPSA) is 191 Å². The fourth-order valence-corrected chi connectivity index (χ4v) is 5.44. The second-order valence-corrected chi connectivity index (χ2v) is 10.9. The number of hydrogen-bond acceptors (Lipinski definition) is 13. The van der Waals surface area contributed by atoms with Crippen molar-refractivity contribution in [1.82, 2.24) is 5.32 Å². The summed E-state index contributed by atoms with van der Waals surface area (Å²) in [5.41, 5.74) is 3.31. The number of aryl methyl sites for hydroxylation is 1. The predicted octanol–water partition coefficient (Wildman–Crippen LogP) is 3.91. The van der Waals surface area contributed by atoms with Crippen LogP contribution < -0.4 is 35.0 Å². The van der Waals surface area contributed by atoms with E-state index in [4.69, 9.17) is 23.7 Å². The third-order valence-corrected chi connectivity index (χ3v) is 7.62. The van der Waals surface area contributed by atoms with Crippen LogP contribution in [0.25, 0.3) is 11.1 Å². The Morgan fingerprint density at radius 3 is 2.31 bits per heavy atom. The van der Waals surface area contributed by atoms with Crippen molar-refractivity contribution in [3.63, 3.8) is 0 Å². The zero-order valence-corrected chi connectivity index (χ0v) is 27.5. The summed E-state index contributed by atoms with van der Waals surface area (Å²) < 4.78 is 27.4. The Labute approximate surface area is 281 Å². The number of methoxy groups -OCH3 is 3. The van der Waals surface area contributed by atoms with Crippen LogP contribution in [0.3, 0.4) is 0 Å². The number of hydrogen-bond donors (Lipinski definition) is 2. The van der Waals surface area contributed by atoms with Gasteiger partial charge in [0.1, 0.15) is 19.0 Å². The number of ether oxygens (including phenoxy) is 5. The van der Waals surface area contributed by atoms with Gasteiger partial charge >= 0.3 is 11.9 Å². The van der Waals surface area contributed by atoms with Gasteiger partial charge in [0.2, 0.25) is 17.1 Å². The van der Waals surface area contributed by atoms with Crippen LogP contribution in [0, 0.1) is 10.1 Å². The summed E-state index contributed by atoms with van der Waals surface area (Å²) in [6, 6.07) is 12.2. The first-order valence-electron chi connectivity index (χ1n) is 15.3. The number of amides is 1. The molecule has 1 aliphatic rings. The highest BCUT2D eigenvalue weighted by Gasteiger charge is 2.29. The van der Waals surface area contributed by atoms with Gasteiger partial charge < -0.3 is 39.2 Å². The lowest BCUT2D eigenvalue weighted by Gasteiger charge is -2.19. The number of anilines is 1. The van der Waals surface area contributed by atoms with Crippen molar-refractivity contribution < 1.29 is 48.0 Å². The van der Waals surface area contributed by atoms with Crippen molar-refractivity contribution >= 4 is 23.5 Å². The smallest absolute Gasteiger partial charge is 0.311 e. The molecule has 15 nitrogen and oxygen atoms in total. The van der Waals surface area contributed by atoms with E-state index in [1.807, 2.05) is 6.07 Å². The molecule has 3 aromatic rings. The quantitative estimate of drug-likeness (QED) is 0.0774. The first-order chi connectivity index (χ1) is 23.5. The third kappa shape index (κ3) is 9.37. The summed E-state index contributed by atoms with van der Waals surface area (Å²) in [7, 11) is 4.56. The van der Waals surface area contributed by atoms with Crippen LogP contribution in [0.2, 0.25) is 0 Å². The molecular weight excluding hydrogens is 642 g/mol. The number of carbonyl (C=O) groups excluding carboxylic acids is 3. The average Bonchev–Trinajstić information content (AvgIpc) is 3.32. The highest BCUT2D eigenvalue weighted by molar-refractivity contribution is 5.84. The van der Waals surface area contributed by atoms with E-state index in [2.05, 4.69) is 15.5 Å². The van der Waals surface area contributed by atoms with Crippen LogP contribution in [0.5, 0.6) is 23.0 Å².